The zero-order valence-corrected chi connectivity index (χ0v) is 10.1. The van der Waals surface area contributed by atoms with E-state index in [4.69, 9.17) is 0 Å². The first-order valence-electron chi connectivity index (χ1n) is 4.87. The third-order valence-electron chi connectivity index (χ3n) is 2.39. The van der Waals surface area contributed by atoms with Crippen LogP contribution in [0.3, 0.4) is 0 Å². The van der Waals surface area contributed by atoms with Crippen LogP contribution in [0.2, 0.25) is 0 Å². The van der Waals surface area contributed by atoms with E-state index in [2.05, 4.69) is 26.3 Å². The van der Waals surface area contributed by atoms with Gasteiger partial charge in [0.15, 0.2) is 5.69 Å². The van der Waals surface area contributed by atoms with Gasteiger partial charge in [0.1, 0.15) is 0 Å². The summed E-state index contributed by atoms with van der Waals surface area (Å²) in [5.74, 6) is 0.00368. The van der Waals surface area contributed by atoms with Crippen LogP contribution >= 0.6 is 15.9 Å². The molecule has 1 aliphatic rings. The fourth-order valence-corrected chi connectivity index (χ4v) is 2.17. The van der Waals surface area contributed by atoms with Gasteiger partial charge in [-0.1, -0.05) is 0 Å². The molecule has 1 N–H and O–H groups in total. The van der Waals surface area contributed by atoms with Crippen LogP contribution in [-0.4, -0.2) is 46.8 Å². The fraction of sp³-hybridized carbons (Fsp3) is 0.556. The first-order valence-corrected chi connectivity index (χ1v) is 5.67. The van der Waals surface area contributed by atoms with Crippen LogP contribution in [0, 0.1) is 0 Å². The first-order chi connectivity index (χ1) is 7.18. The lowest BCUT2D eigenvalue weighted by atomic mass is 10.3. The zero-order chi connectivity index (χ0) is 10.8. The minimum Gasteiger partial charge on any atom is -0.335 e. The molecule has 0 bridgehead atoms. The number of carbonyl (C=O) groups excluding carboxylic acids is 1. The van der Waals surface area contributed by atoms with Crippen molar-refractivity contribution in [2.24, 2.45) is 7.05 Å². The summed E-state index contributed by atoms with van der Waals surface area (Å²) in [6, 6.07) is 0. The molecule has 0 unspecified atom stereocenters. The Balaban J connectivity index is 2.16. The van der Waals surface area contributed by atoms with E-state index in [1.54, 1.807) is 17.9 Å². The molecule has 0 aliphatic carbocycles. The number of halogens is 1. The lowest BCUT2D eigenvalue weighted by Gasteiger charge is -2.26. The van der Waals surface area contributed by atoms with E-state index in [0.717, 1.165) is 30.7 Å². The Morgan fingerprint density at radius 1 is 1.53 bits per heavy atom. The number of piperazine rings is 1. The summed E-state index contributed by atoms with van der Waals surface area (Å²) in [5.41, 5.74) is 0.499. The van der Waals surface area contributed by atoms with Crippen molar-refractivity contribution in [3.63, 3.8) is 0 Å². The molecule has 0 saturated carbocycles. The molecule has 82 valence electrons. The van der Waals surface area contributed by atoms with Gasteiger partial charge in [-0.05, 0) is 15.9 Å². The van der Waals surface area contributed by atoms with Gasteiger partial charge in [-0.15, -0.1) is 0 Å². The maximum Gasteiger partial charge on any atom is 0.275 e. The summed E-state index contributed by atoms with van der Waals surface area (Å²) in [6.07, 6.45) is 1.79. The van der Waals surface area contributed by atoms with E-state index in [1.165, 1.54) is 0 Å². The maximum absolute atomic E-state index is 12.0. The molecule has 2 heterocycles. The molecular weight excluding hydrogens is 260 g/mol. The van der Waals surface area contributed by atoms with Crippen molar-refractivity contribution in [1.29, 1.82) is 0 Å². The fourth-order valence-electron chi connectivity index (χ4n) is 1.62. The van der Waals surface area contributed by atoms with E-state index < -0.39 is 0 Å². The van der Waals surface area contributed by atoms with Gasteiger partial charge in [0.05, 0.1) is 4.47 Å². The molecular formula is C9H13BrN4O. The molecule has 0 aromatic carbocycles. The predicted octanol–water partition coefficient (Wildman–Crippen LogP) is 0.228. The van der Waals surface area contributed by atoms with Gasteiger partial charge < -0.3 is 10.2 Å². The molecule has 0 radical (unpaired) electrons. The first kappa shape index (κ1) is 10.6. The van der Waals surface area contributed by atoms with Gasteiger partial charge in [0.25, 0.3) is 5.91 Å². The molecule has 1 fully saturated rings. The van der Waals surface area contributed by atoms with Crippen molar-refractivity contribution in [2.45, 2.75) is 0 Å². The number of aryl methyl sites for hydroxylation is 1. The summed E-state index contributed by atoms with van der Waals surface area (Å²) in [7, 11) is 1.80. The molecule has 6 heteroatoms. The van der Waals surface area contributed by atoms with Crippen LogP contribution in [0.5, 0.6) is 0 Å². The molecule has 1 amide bonds. The lowest BCUT2D eigenvalue weighted by Crippen LogP contribution is -2.46. The average molecular weight is 273 g/mol. The normalized spacial score (nSPS) is 16.8. The van der Waals surface area contributed by atoms with Crippen molar-refractivity contribution in [3.05, 3.63) is 16.4 Å². The zero-order valence-electron chi connectivity index (χ0n) is 8.53. The second-order valence-electron chi connectivity index (χ2n) is 3.54. The van der Waals surface area contributed by atoms with Crippen molar-refractivity contribution in [1.82, 2.24) is 20.0 Å². The summed E-state index contributed by atoms with van der Waals surface area (Å²) in [5, 5.41) is 7.35. The maximum atomic E-state index is 12.0. The Kier molecular flexibility index (Phi) is 3.06. The second-order valence-corrected chi connectivity index (χ2v) is 4.40. The van der Waals surface area contributed by atoms with Gasteiger partial charge in [-0.25, -0.2) is 0 Å². The number of carbonyl (C=O) groups is 1. The largest absolute Gasteiger partial charge is 0.335 e. The highest BCUT2D eigenvalue weighted by Gasteiger charge is 2.22. The van der Waals surface area contributed by atoms with Crippen molar-refractivity contribution in [3.8, 4) is 0 Å². The highest BCUT2D eigenvalue weighted by molar-refractivity contribution is 9.10. The van der Waals surface area contributed by atoms with E-state index in [1.807, 2.05) is 4.90 Å². The highest BCUT2D eigenvalue weighted by atomic mass is 79.9. The van der Waals surface area contributed by atoms with E-state index in [-0.39, 0.29) is 5.91 Å². The molecule has 2 rings (SSSR count). The second kappa shape index (κ2) is 4.32. The van der Waals surface area contributed by atoms with Gasteiger partial charge in [0.2, 0.25) is 0 Å². The minimum atomic E-state index is 0.00368. The van der Waals surface area contributed by atoms with Crippen LogP contribution in [0.1, 0.15) is 10.5 Å². The van der Waals surface area contributed by atoms with Crippen molar-refractivity contribution >= 4 is 21.8 Å². The molecule has 5 nitrogen and oxygen atoms in total. The standard InChI is InChI=1S/C9H13BrN4O/c1-13-6-7(10)8(12-13)9(15)14-4-2-11-3-5-14/h6,11H,2-5H2,1H3. The van der Waals surface area contributed by atoms with Crippen LogP contribution < -0.4 is 5.32 Å². The molecule has 1 aromatic heterocycles. The predicted molar refractivity (Wildman–Crippen MR) is 59.7 cm³/mol. The van der Waals surface area contributed by atoms with Crippen molar-refractivity contribution in [2.75, 3.05) is 26.2 Å². The van der Waals surface area contributed by atoms with Gasteiger partial charge in [-0.2, -0.15) is 5.10 Å². The van der Waals surface area contributed by atoms with E-state index in [0.29, 0.717) is 5.69 Å². The molecule has 1 aromatic rings. The quantitative estimate of drug-likeness (QED) is 0.796. The summed E-state index contributed by atoms with van der Waals surface area (Å²) < 4.78 is 2.40. The third-order valence-corrected chi connectivity index (χ3v) is 2.97. The molecule has 15 heavy (non-hydrogen) atoms. The molecule has 1 saturated heterocycles. The summed E-state index contributed by atoms with van der Waals surface area (Å²) >= 11 is 3.34. The number of nitrogens with zero attached hydrogens (tertiary/aromatic N) is 3. The minimum absolute atomic E-state index is 0.00368. The SMILES string of the molecule is Cn1cc(Br)c(C(=O)N2CCNCC2)n1. The number of amides is 1. The number of hydrogen-bond donors (Lipinski definition) is 1. The van der Waals surface area contributed by atoms with Gasteiger partial charge >= 0.3 is 0 Å². The number of aromatic nitrogens is 2. The molecule has 0 spiro atoms. The topological polar surface area (TPSA) is 50.2 Å². The highest BCUT2D eigenvalue weighted by Crippen LogP contribution is 2.16. The number of nitrogens with one attached hydrogen (secondary N) is 1. The third kappa shape index (κ3) is 2.21. The summed E-state index contributed by atoms with van der Waals surface area (Å²) in [6.45, 7) is 3.22. The molecule has 0 atom stereocenters. The number of hydrogen-bond acceptors (Lipinski definition) is 3. The molecule has 1 aliphatic heterocycles. The van der Waals surface area contributed by atoms with E-state index >= 15 is 0 Å². The Bertz CT molecular complexity index is 370. The van der Waals surface area contributed by atoms with Crippen LogP contribution in [0.25, 0.3) is 0 Å². The van der Waals surface area contributed by atoms with Crippen molar-refractivity contribution < 1.29 is 4.79 Å². The Morgan fingerprint density at radius 3 is 2.73 bits per heavy atom. The van der Waals surface area contributed by atoms with Crippen LogP contribution in [0.15, 0.2) is 10.7 Å². The monoisotopic (exact) mass is 272 g/mol. The van der Waals surface area contributed by atoms with E-state index in [9.17, 15) is 4.79 Å². The van der Waals surface area contributed by atoms with Crippen LogP contribution in [0.4, 0.5) is 0 Å². The van der Waals surface area contributed by atoms with Crippen LogP contribution in [-0.2, 0) is 7.05 Å². The average Bonchev–Trinajstić information content (AvgIpc) is 2.58. The Hall–Kier alpha value is -0.880. The Labute approximate surface area is 96.6 Å². The van der Waals surface area contributed by atoms with Gasteiger partial charge in [-0.3, -0.25) is 9.48 Å². The lowest BCUT2D eigenvalue weighted by molar-refractivity contribution is 0.0728. The van der Waals surface area contributed by atoms with Gasteiger partial charge in [0, 0.05) is 39.4 Å². The smallest absolute Gasteiger partial charge is 0.275 e. The number of rotatable bonds is 1. The summed E-state index contributed by atoms with van der Waals surface area (Å²) in [4.78, 5) is 13.8. The Morgan fingerprint density at radius 2 is 2.20 bits per heavy atom.